The van der Waals surface area contributed by atoms with Crippen molar-refractivity contribution in [1.29, 1.82) is 0 Å². The summed E-state index contributed by atoms with van der Waals surface area (Å²) in [6.45, 7) is 9.08. The summed E-state index contributed by atoms with van der Waals surface area (Å²) < 4.78 is 0. The normalized spacial score (nSPS) is 13.3. The maximum absolute atomic E-state index is 5.67. The van der Waals surface area contributed by atoms with Crippen molar-refractivity contribution in [3.8, 4) is 0 Å². The summed E-state index contributed by atoms with van der Waals surface area (Å²) in [7, 11) is 0. The summed E-state index contributed by atoms with van der Waals surface area (Å²) in [6, 6.07) is 0. The Morgan fingerprint density at radius 3 is 2.17 bits per heavy atom. The summed E-state index contributed by atoms with van der Waals surface area (Å²) in [4.78, 5) is 0. The van der Waals surface area contributed by atoms with Gasteiger partial charge in [-0.05, 0) is 31.2 Å². The van der Waals surface area contributed by atoms with Gasteiger partial charge in [-0.25, -0.2) is 0 Å². The van der Waals surface area contributed by atoms with E-state index in [1.165, 1.54) is 19.3 Å². The van der Waals surface area contributed by atoms with E-state index in [1.54, 1.807) is 0 Å². The van der Waals surface area contributed by atoms with Crippen LogP contribution in [-0.2, 0) is 0 Å². The van der Waals surface area contributed by atoms with Crippen molar-refractivity contribution in [2.45, 2.75) is 39.5 Å². The summed E-state index contributed by atoms with van der Waals surface area (Å²) in [6.07, 6.45) is 6.90. The smallest absolute Gasteiger partial charge is 0.00458 e. The van der Waals surface area contributed by atoms with Gasteiger partial charge in [0, 0.05) is 0 Å². The first-order chi connectivity index (χ1) is 5.78. The number of allylic oxidation sites excluding steroid dienone is 1. The molecule has 0 fully saturated rings. The molecule has 0 radical (unpaired) electrons. The number of nitrogens with two attached hydrogens (primary N) is 1. The Balaban J connectivity index is 3.73. The SMILES string of the molecule is C=CCC(CN)CC(CC)CC. The highest BCUT2D eigenvalue weighted by Gasteiger charge is 2.10. The molecule has 0 aliphatic heterocycles. The van der Waals surface area contributed by atoms with Crippen LogP contribution >= 0.6 is 0 Å². The summed E-state index contributed by atoms with van der Waals surface area (Å²) in [5, 5.41) is 0. The van der Waals surface area contributed by atoms with Crippen molar-refractivity contribution < 1.29 is 0 Å². The Labute approximate surface area is 77.0 Å². The van der Waals surface area contributed by atoms with E-state index in [4.69, 9.17) is 5.73 Å². The zero-order chi connectivity index (χ0) is 9.40. The van der Waals surface area contributed by atoms with Gasteiger partial charge >= 0.3 is 0 Å². The van der Waals surface area contributed by atoms with Gasteiger partial charge in [0.15, 0.2) is 0 Å². The standard InChI is InChI=1S/C11H23N/c1-4-7-11(9-12)8-10(5-2)6-3/h4,10-11H,1,5-9,12H2,2-3H3. The molecule has 1 heteroatoms. The van der Waals surface area contributed by atoms with E-state index in [1.807, 2.05) is 6.08 Å². The molecule has 1 unspecified atom stereocenters. The first-order valence-electron chi connectivity index (χ1n) is 5.09. The lowest BCUT2D eigenvalue weighted by atomic mass is 9.89. The van der Waals surface area contributed by atoms with Crippen LogP contribution in [0.3, 0.4) is 0 Å². The van der Waals surface area contributed by atoms with Crippen LogP contribution < -0.4 is 5.73 Å². The molecule has 0 aromatic heterocycles. The third-order valence-corrected chi connectivity index (χ3v) is 2.65. The lowest BCUT2D eigenvalue weighted by molar-refractivity contribution is 0.359. The van der Waals surface area contributed by atoms with Crippen molar-refractivity contribution in [1.82, 2.24) is 0 Å². The quantitative estimate of drug-likeness (QED) is 0.583. The molecular weight excluding hydrogens is 146 g/mol. The van der Waals surface area contributed by atoms with Crippen molar-refractivity contribution in [2.24, 2.45) is 17.6 Å². The molecular formula is C11H23N. The molecule has 0 heterocycles. The van der Waals surface area contributed by atoms with Crippen LogP contribution in [0.5, 0.6) is 0 Å². The third-order valence-electron chi connectivity index (χ3n) is 2.65. The fraction of sp³-hybridized carbons (Fsp3) is 0.818. The molecule has 0 rings (SSSR count). The van der Waals surface area contributed by atoms with Gasteiger partial charge in [0.2, 0.25) is 0 Å². The molecule has 0 aromatic rings. The Bertz CT molecular complexity index is 106. The molecule has 1 nitrogen and oxygen atoms in total. The number of rotatable bonds is 7. The van der Waals surface area contributed by atoms with E-state index >= 15 is 0 Å². The van der Waals surface area contributed by atoms with Gasteiger partial charge in [-0.1, -0.05) is 32.8 Å². The second-order valence-electron chi connectivity index (χ2n) is 3.54. The summed E-state index contributed by atoms with van der Waals surface area (Å²) >= 11 is 0. The highest BCUT2D eigenvalue weighted by molar-refractivity contribution is 4.75. The minimum absolute atomic E-state index is 0.660. The Hall–Kier alpha value is -0.300. The fourth-order valence-electron chi connectivity index (χ4n) is 1.62. The van der Waals surface area contributed by atoms with Gasteiger partial charge in [0.1, 0.15) is 0 Å². The fourth-order valence-corrected chi connectivity index (χ4v) is 1.62. The Morgan fingerprint density at radius 2 is 1.83 bits per heavy atom. The Kier molecular flexibility index (Phi) is 7.17. The first kappa shape index (κ1) is 11.7. The van der Waals surface area contributed by atoms with E-state index in [2.05, 4.69) is 20.4 Å². The van der Waals surface area contributed by atoms with Gasteiger partial charge < -0.3 is 5.73 Å². The van der Waals surface area contributed by atoms with Crippen molar-refractivity contribution in [3.05, 3.63) is 12.7 Å². The van der Waals surface area contributed by atoms with Crippen LogP contribution in [0.4, 0.5) is 0 Å². The molecule has 0 bridgehead atoms. The predicted octanol–water partition coefficient (Wildman–Crippen LogP) is 2.96. The van der Waals surface area contributed by atoms with Crippen LogP contribution in [0.25, 0.3) is 0 Å². The first-order valence-corrected chi connectivity index (χ1v) is 5.09. The topological polar surface area (TPSA) is 26.0 Å². The van der Waals surface area contributed by atoms with E-state index < -0.39 is 0 Å². The van der Waals surface area contributed by atoms with Gasteiger partial charge in [-0.15, -0.1) is 6.58 Å². The molecule has 1 atom stereocenters. The van der Waals surface area contributed by atoms with Crippen LogP contribution in [0.1, 0.15) is 39.5 Å². The second kappa shape index (κ2) is 7.35. The highest BCUT2D eigenvalue weighted by atomic mass is 14.5. The maximum Gasteiger partial charge on any atom is -0.00458 e. The van der Waals surface area contributed by atoms with Crippen LogP contribution in [0.15, 0.2) is 12.7 Å². The molecule has 0 amide bonds. The van der Waals surface area contributed by atoms with E-state index in [9.17, 15) is 0 Å². The van der Waals surface area contributed by atoms with Crippen molar-refractivity contribution >= 4 is 0 Å². The average Bonchev–Trinajstić information content (AvgIpc) is 2.12. The minimum Gasteiger partial charge on any atom is -0.330 e. The molecule has 12 heavy (non-hydrogen) atoms. The van der Waals surface area contributed by atoms with Crippen molar-refractivity contribution in [3.63, 3.8) is 0 Å². The van der Waals surface area contributed by atoms with Crippen molar-refractivity contribution in [2.75, 3.05) is 6.54 Å². The largest absolute Gasteiger partial charge is 0.330 e. The molecule has 2 N–H and O–H groups in total. The minimum atomic E-state index is 0.660. The van der Waals surface area contributed by atoms with E-state index in [0.29, 0.717) is 5.92 Å². The summed E-state index contributed by atoms with van der Waals surface area (Å²) in [5.41, 5.74) is 5.67. The molecule has 0 aliphatic carbocycles. The highest BCUT2D eigenvalue weighted by Crippen LogP contribution is 2.20. The zero-order valence-corrected chi connectivity index (χ0v) is 8.55. The van der Waals surface area contributed by atoms with Crippen LogP contribution in [0, 0.1) is 11.8 Å². The van der Waals surface area contributed by atoms with E-state index in [0.717, 1.165) is 18.9 Å². The van der Waals surface area contributed by atoms with E-state index in [-0.39, 0.29) is 0 Å². The molecule has 0 aromatic carbocycles. The lowest BCUT2D eigenvalue weighted by Crippen LogP contribution is -2.17. The zero-order valence-electron chi connectivity index (χ0n) is 8.55. The molecule has 0 saturated heterocycles. The van der Waals surface area contributed by atoms with Gasteiger partial charge in [0.05, 0.1) is 0 Å². The predicted molar refractivity (Wildman–Crippen MR) is 56.0 cm³/mol. The molecule has 72 valence electrons. The molecule has 0 aliphatic rings. The number of hydrogen-bond donors (Lipinski definition) is 1. The average molecular weight is 169 g/mol. The lowest BCUT2D eigenvalue weighted by Gasteiger charge is -2.18. The van der Waals surface area contributed by atoms with Gasteiger partial charge in [0.25, 0.3) is 0 Å². The third kappa shape index (κ3) is 4.55. The second-order valence-corrected chi connectivity index (χ2v) is 3.54. The van der Waals surface area contributed by atoms with Gasteiger partial charge in [-0.2, -0.15) is 0 Å². The molecule has 0 spiro atoms. The maximum atomic E-state index is 5.67. The van der Waals surface area contributed by atoms with Gasteiger partial charge in [-0.3, -0.25) is 0 Å². The number of hydrogen-bond acceptors (Lipinski definition) is 1. The summed E-state index contributed by atoms with van der Waals surface area (Å²) in [5.74, 6) is 1.52. The van der Waals surface area contributed by atoms with Crippen LogP contribution in [-0.4, -0.2) is 6.54 Å². The van der Waals surface area contributed by atoms with Crippen LogP contribution in [0.2, 0.25) is 0 Å². The Morgan fingerprint density at radius 1 is 1.25 bits per heavy atom. The molecule has 0 saturated carbocycles. The monoisotopic (exact) mass is 169 g/mol.